The van der Waals surface area contributed by atoms with E-state index < -0.39 is 0 Å². The lowest BCUT2D eigenvalue weighted by Gasteiger charge is -2.20. The molecule has 1 aliphatic heterocycles. The van der Waals surface area contributed by atoms with Crippen LogP contribution in [-0.2, 0) is 0 Å². The van der Waals surface area contributed by atoms with Crippen LogP contribution in [0.15, 0.2) is 59.5 Å². The molecule has 0 saturated carbocycles. The topological polar surface area (TPSA) is 56.4 Å². The van der Waals surface area contributed by atoms with Crippen molar-refractivity contribution in [3.63, 3.8) is 0 Å². The van der Waals surface area contributed by atoms with Gasteiger partial charge >= 0.3 is 0 Å². The van der Waals surface area contributed by atoms with Crippen LogP contribution in [0.2, 0.25) is 0 Å². The molecule has 2 heterocycles. The molecule has 1 unspecified atom stereocenters. The molecule has 5 heteroatoms. The van der Waals surface area contributed by atoms with Gasteiger partial charge in [-0.25, -0.2) is 0 Å². The molecule has 1 N–H and O–H groups in total. The Morgan fingerprint density at radius 1 is 1.11 bits per heavy atom. The number of H-pyrrole nitrogens is 1. The summed E-state index contributed by atoms with van der Waals surface area (Å²) < 4.78 is 0. The number of carbonyl (C=O) groups excluding carboxylic acids is 1. The SMILES string of the molecule is CN(C)C1CCN(C(=O)c2cccc(-c3ccc4c(=O)[nH]ccc4c3)c2)C1. The van der Waals surface area contributed by atoms with E-state index in [1.165, 1.54) is 0 Å². The fourth-order valence-electron chi connectivity index (χ4n) is 3.73. The number of likely N-dealkylation sites (tertiary alicyclic amines) is 1. The van der Waals surface area contributed by atoms with Crippen LogP contribution in [0, 0.1) is 0 Å². The van der Waals surface area contributed by atoms with Gasteiger partial charge < -0.3 is 14.8 Å². The number of aromatic nitrogens is 1. The van der Waals surface area contributed by atoms with E-state index in [0.29, 0.717) is 17.0 Å². The minimum Gasteiger partial charge on any atom is -0.337 e. The summed E-state index contributed by atoms with van der Waals surface area (Å²) in [6.45, 7) is 1.57. The average molecular weight is 361 g/mol. The van der Waals surface area contributed by atoms with Gasteiger partial charge in [-0.2, -0.15) is 0 Å². The highest BCUT2D eigenvalue weighted by Gasteiger charge is 2.28. The summed E-state index contributed by atoms with van der Waals surface area (Å²) in [6.07, 6.45) is 2.67. The number of amides is 1. The molecular weight excluding hydrogens is 338 g/mol. The zero-order valence-corrected chi connectivity index (χ0v) is 15.6. The number of fused-ring (bicyclic) bond motifs is 1. The summed E-state index contributed by atoms with van der Waals surface area (Å²) in [7, 11) is 4.12. The molecule has 1 saturated heterocycles. The van der Waals surface area contributed by atoms with Gasteiger partial charge in [-0.1, -0.05) is 18.2 Å². The third kappa shape index (κ3) is 3.38. The van der Waals surface area contributed by atoms with E-state index in [-0.39, 0.29) is 11.5 Å². The number of pyridine rings is 1. The number of likely N-dealkylation sites (N-methyl/N-ethyl adjacent to an activating group) is 1. The summed E-state index contributed by atoms with van der Waals surface area (Å²) in [6, 6.07) is 15.8. The van der Waals surface area contributed by atoms with Crippen LogP contribution in [-0.4, -0.2) is 53.9 Å². The van der Waals surface area contributed by atoms with Gasteiger partial charge in [0.15, 0.2) is 0 Å². The lowest BCUT2D eigenvalue weighted by Crippen LogP contribution is -2.34. The Labute approximate surface area is 158 Å². The molecule has 1 fully saturated rings. The molecule has 1 atom stereocenters. The molecule has 27 heavy (non-hydrogen) atoms. The monoisotopic (exact) mass is 361 g/mol. The van der Waals surface area contributed by atoms with Gasteiger partial charge in [0.25, 0.3) is 11.5 Å². The first-order valence-corrected chi connectivity index (χ1v) is 9.20. The predicted octanol–water partition coefficient (Wildman–Crippen LogP) is 2.97. The van der Waals surface area contributed by atoms with Crippen molar-refractivity contribution < 1.29 is 4.79 Å². The molecule has 1 amide bonds. The molecule has 0 aliphatic carbocycles. The number of hydrogen-bond acceptors (Lipinski definition) is 3. The average Bonchev–Trinajstić information content (AvgIpc) is 3.18. The Balaban J connectivity index is 1.63. The van der Waals surface area contributed by atoms with E-state index in [1.54, 1.807) is 6.20 Å². The van der Waals surface area contributed by atoms with Gasteiger partial charge in [0, 0.05) is 36.3 Å². The maximum absolute atomic E-state index is 12.9. The minimum atomic E-state index is -0.0903. The van der Waals surface area contributed by atoms with Crippen molar-refractivity contribution in [3.05, 3.63) is 70.6 Å². The lowest BCUT2D eigenvalue weighted by molar-refractivity contribution is 0.0783. The smallest absolute Gasteiger partial charge is 0.255 e. The van der Waals surface area contributed by atoms with Crippen molar-refractivity contribution in [2.45, 2.75) is 12.5 Å². The van der Waals surface area contributed by atoms with Gasteiger partial charge in [0.05, 0.1) is 0 Å². The van der Waals surface area contributed by atoms with Gasteiger partial charge in [-0.15, -0.1) is 0 Å². The summed E-state index contributed by atoms with van der Waals surface area (Å²) in [5, 5.41) is 1.56. The highest BCUT2D eigenvalue weighted by atomic mass is 16.2. The molecule has 0 spiro atoms. The van der Waals surface area contributed by atoms with Gasteiger partial charge in [0.1, 0.15) is 0 Å². The third-order valence-electron chi connectivity index (χ3n) is 5.40. The number of benzene rings is 2. The highest BCUT2D eigenvalue weighted by molar-refractivity contribution is 5.96. The minimum absolute atomic E-state index is 0.0819. The van der Waals surface area contributed by atoms with E-state index in [1.807, 2.05) is 53.4 Å². The van der Waals surface area contributed by atoms with Crippen LogP contribution in [0.1, 0.15) is 16.8 Å². The Kier molecular flexibility index (Phi) is 4.54. The fraction of sp³-hybridized carbons (Fsp3) is 0.273. The van der Waals surface area contributed by atoms with E-state index in [9.17, 15) is 9.59 Å². The second kappa shape index (κ2) is 7.00. The molecule has 1 aliphatic rings. The normalized spacial score (nSPS) is 17.0. The third-order valence-corrected chi connectivity index (χ3v) is 5.40. The molecule has 0 bridgehead atoms. The van der Waals surface area contributed by atoms with Gasteiger partial charge in [0.2, 0.25) is 0 Å². The summed E-state index contributed by atoms with van der Waals surface area (Å²) in [4.78, 5) is 31.6. The van der Waals surface area contributed by atoms with E-state index in [0.717, 1.165) is 36.0 Å². The number of nitrogens with zero attached hydrogens (tertiary/aromatic N) is 2. The number of hydrogen-bond donors (Lipinski definition) is 1. The summed E-state index contributed by atoms with van der Waals surface area (Å²) >= 11 is 0. The molecule has 2 aromatic carbocycles. The molecule has 3 aromatic rings. The van der Waals surface area contributed by atoms with Crippen molar-refractivity contribution in [2.24, 2.45) is 0 Å². The quantitative estimate of drug-likeness (QED) is 0.780. The fourth-order valence-corrected chi connectivity index (χ4v) is 3.73. The summed E-state index contributed by atoms with van der Waals surface area (Å²) in [5.74, 6) is 0.0819. The van der Waals surface area contributed by atoms with Crippen LogP contribution in [0.4, 0.5) is 0 Å². The van der Waals surface area contributed by atoms with Gasteiger partial charge in [-0.3, -0.25) is 9.59 Å². The second-order valence-electron chi connectivity index (χ2n) is 7.35. The Morgan fingerprint density at radius 3 is 2.70 bits per heavy atom. The zero-order valence-electron chi connectivity index (χ0n) is 15.6. The van der Waals surface area contributed by atoms with Crippen LogP contribution in [0.3, 0.4) is 0 Å². The van der Waals surface area contributed by atoms with Crippen LogP contribution >= 0.6 is 0 Å². The second-order valence-corrected chi connectivity index (χ2v) is 7.35. The Hall–Kier alpha value is -2.92. The van der Waals surface area contributed by atoms with Crippen LogP contribution in [0.5, 0.6) is 0 Å². The first-order valence-electron chi connectivity index (χ1n) is 9.20. The Morgan fingerprint density at radius 2 is 1.93 bits per heavy atom. The van der Waals surface area contributed by atoms with Crippen molar-refractivity contribution in [1.82, 2.24) is 14.8 Å². The largest absolute Gasteiger partial charge is 0.337 e. The van der Waals surface area contributed by atoms with Crippen molar-refractivity contribution in [1.29, 1.82) is 0 Å². The standard InChI is InChI=1S/C22H23N3O2/c1-24(2)19-9-11-25(14-19)22(27)18-5-3-4-15(13-18)16-6-7-20-17(12-16)8-10-23-21(20)26/h3-8,10,12-13,19H,9,11,14H2,1-2H3,(H,23,26). The van der Waals surface area contributed by atoms with Gasteiger partial charge in [-0.05, 0) is 67.4 Å². The Bertz CT molecular complexity index is 1050. The number of nitrogens with one attached hydrogen (secondary N) is 1. The molecule has 138 valence electrons. The van der Waals surface area contributed by atoms with E-state index in [2.05, 4.69) is 24.0 Å². The summed E-state index contributed by atoms with van der Waals surface area (Å²) in [5.41, 5.74) is 2.59. The maximum Gasteiger partial charge on any atom is 0.255 e. The maximum atomic E-state index is 12.9. The number of carbonyl (C=O) groups is 1. The first-order chi connectivity index (χ1) is 13.0. The lowest BCUT2D eigenvalue weighted by atomic mass is 10.00. The highest BCUT2D eigenvalue weighted by Crippen LogP contribution is 2.25. The first kappa shape index (κ1) is 17.5. The van der Waals surface area contributed by atoms with E-state index >= 15 is 0 Å². The molecule has 4 rings (SSSR count). The number of aromatic amines is 1. The predicted molar refractivity (Wildman–Crippen MR) is 108 cm³/mol. The van der Waals surface area contributed by atoms with E-state index in [4.69, 9.17) is 0 Å². The van der Waals surface area contributed by atoms with Crippen molar-refractivity contribution in [2.75, 3.05) is 27.2 Å². The van der Waals surface area contributed by atoms with Crippen molar-refractivity contribution in [3.8, 4) is 11.1 Å². The van der Waals surface area contributed by atoms with Crippen LogP contribution in [0.25, 0.3) is 21.9 Å². The van der Waals surface area contributed by atoms with Crippen molar-refractivity contribution >= 4 is 16.7 Å². The zero-order chi connectivity index (χ0) is 19.0. The molecule has 5 nitrogen and oxygen atoms in total. The van der Waals surface area contributed by atoms with Crippen LogP contribution < -0.4 is 5.56 Å². The number of rotatable bonds is 3. The molecule has 0 radical (unpaired) electrons. The molecular formula is C22H23N3O2. The molecule has 1 aromatic heterocycles.